The van der Waals surface area contributed by atoms with Crippen molar-refractivity contribution in [2.45, 2.75) is 18.4 Å². The summed E-state index contributed by atoms with van der Waals surface area (Å²) in [5.74, 6) is 1.65. The first-order chi connectivity index (χ1) is 12.0. The lowest BCUT2D eigenvalue weighted by atomic mass is 10.3. The molecule has 0 unspecified atom stereocenters. The van der Waals surface area contributed by atoms with Gasteiger partial charge in [0.15, 0.2) is 0 Å². The van der Waals surface area contributed by atoms with Crippen molar-refractivity contribution < 1.29 is 13.2 Å². The van der Waals surface area contributed by atoms with Crippen LogP contribution in [-0.2, 0) is 16.6 Å². The zero-order valence-electron chi connectivity index (χ0n) is 14.6. The second-order valence-electron chi connectivity index (χ2n) is 6.09. The maximum atomic E-state index is 12.7. The van der Waals surface area contributed by atoms with Gasteiger partial charge in [-0.1, -0.05) is 0 Å². The van der Waals surface area contributed by atoms with Gasteiger partial charge in [-0.15, -0.1) is 0 Å². The molecular formula is C17H24N4O3S. The lowest BCUT2D eigenvalue weighted by molar-refractivity contribution is 0.182. The Kier molecular flexibility index (Phi) is 5.41. The molecule has 8 heteroatoms. The third-order valence-corrected chi connectivity index (χ3v) is 6.52. The summed E-state index contributed by atoms with van der Waals surface area (Å²) < 4.78 is 34.2. The number of sulfonamides is 1. The maximum absolute atomic E-state index is 12.7. The Bertz CT molecular complexity index is 794. The Balaban J connectivity index is 1.56. The lowest BCUT2D eigenvalue weighted by Gasteiger charge is -2.34. The van der Waals surface area contributed by atoms with E-state index in [4.69, 9.17) is 4.74 Å². The third kappa shape index (κ3) is 4.02. The van der Waals surface area contributed by atoms with E-state index in [2.05, 4.69) is 14.5 Å². The lowest BCUT2D eigenvalue weighted by Crippen LogP contribution is -2.49. The first-order valence-electron chi connectivity index (χ1n) is 8.35. The number of ether oxygens (including phenoxy) is 1. The number of methoxy groups -OCH3 is 1. The molecule has 1 aromatic carbocycles. The predicted molar refractivity (Wildman–Crippen MR) is 95.2 cm³/mol. The van der Waals surface area contributed by atoms with Crippen molar-refractivity contribution in [3.8, 4) is 5.75 Å². The predicted octanol–water partition coefficient (Wildman–Crippen LogP) is 1.21. The molecule has 0 spiro atoms. The first-order valence-corrected chi connectivity index (χ1v) is 9.79. The zero-order chi connectivity index (χ0) is 17.9. The van der Waals surface area contributed by atoms with Crippen molar-refractivity contribution in [1.82, 2.24) is 18.8 Å². The fourth-order valence-electron chi connectivity index (χ4n) is 2.98. The minimum Gasteiger partial charge on any atom is -0.497 e. The van der Waals surface area contributed by atoms with Crippen molar-refractivity contribution in [2.75, 3.05) is 39.8 Å². The zero-order valence-corrected chi connectivity index (χ0v) is 15.4. The van der Waals surface area contributed by atoms with Crippen molar-refractivity contribution in [3.63, 3.8) is 0 Å². The number of hydrogen-bond acceptors (Lipinski definition) is 5. The molecule has 1 aliphatic heterocycles. The Morgan fingerprint density at radius 2 is 1.76 bits per heavy atom. The summed E-state index contributed by atoms with van der Waals surface area (Å²) in [6, 6.07) is 6.55. The van der Waals surface area contributed by atoms with Crippen LogP contribution in [0.3, 0.4) is 0 Å². The van der Waals surface area contributed by atoms with Gasteiger partial charge in [0.2, 0.25) is 10.0 Å². The number of imidazole rings is 1. The molecule has 1 aromatic heterocycles. The summed E-state index contributed by atoms with van der Waals surface area (Å²) in [5.41, 5.74) is 0. The van der Waals surface area contributed by atoms with Crippen molar-refractivity contribution in [1.29, 1.82) is 0 Å². The molecule has 2 heterocycles. The number of piperazine rings is 1. The van der Waals surface area contributed by atoms with Crippen LogP contribution in [0, 0.1) is 6.92 Å². The van der Waals surface area contributed by atoms with Crippen molar-refractivity contribution in [2.24, 2.45) is 0 Å². The number of aromatic nitrogens is 2. The van der Waals surface area contributed by atoms with Crippen LogP contribution >= 0.6 is 0 Å². The smallest absolute Gasteiger partial charge is 0.243 e. The van der Waals surface area contributed by atoms with E-state index in [9.17, 15) is 8.42 Å². The maximum Gasteiger partial charge on any atom is 0.243 e. The molecule has 0 atom stereocenters. The van der Waals surface area contributed by atoms with Crippen LogP contribution in [0.2, 0.25) is 0 Å². The minimum atomic E-state index is -3.44. The largest absolute Gasteiger partial charge is 0.497 e. The molecular weight excluding hydrogens is 340 g/mol. The highest BCUT2D eigenvalue weighted by Crippen LogP contribution is 2.20. The molecule has 7 nitrogen and oxygen atoms in total. The average Bonchev–Trinajstić information content (AvgIpc) is 3.05. The van der Waals surface area contributed by atoms with Gasteiger partial charge in [-0.2, -0.15) is 4.31 Å². The molecule has 3 rings (SSSR count). The van der Waals surface area contributed by atoms with Crippen LogP contribution in [0.1, 0.15) is 5.82 Å². The number of hydrogen-bond donors (Lipinski definition) is 0. The average molecular weight is 364 g/mol. The van der Waals surface area contributed by atoms with Gasteiger partial charge in [0.25, 0.3) is 0 Å². The van der Waals surface area contributed by atoms with E-state index in [-0.39, 0.29) is 0 Å². The van der Waals surface area contributed by atoms with Gasteiger partial charge < -0.3 is 9.30 Å². The van der Waals surface area contributed by atoms with Crippen molar-refractivity contribution >= 4 is 10.0 Å². The summed E-state index contributed by atoms with van der Waals surface area (Å²) in [6.45, 7) is 6.25. The Hall–Kier alpha value is -1.90. The molecule has 0 amide bonds. The number of benzene rings is 1. The fourth-order valence-corrected chi connectivity index (χ4v) is 4.40. The minimum absolute atomic E-state index is 0.316. The molecule has 0 aliphatic carbocycles. The van der Waals surface area contributed by atoms with Gasteiger partial charge in [-0.25, -0.2) is 13.4 Å². The van der Waals surface area contributed by atoms with Crippen LogP contribution in [0.15, 0.2) is 41.6 Å². The Morgan fingerprint density at radius 3 is 2.32 bits per heavy atom. The van der Waals surface area contributed by atoms with E-state index in [1.165, 1.54) is 0 Å². The molecule has 1 saturated heterocycles. The quantitative estimate of drug-likeness (QED) is 0.771. The van der Waals surface area contributed by atoms with Crippen LogP contribution in [-0.4, -0.2) is 67.0 Å². The molecule has 0 saturated carbocycles. The van der Waals surface area contributed by atoms with E-state index in [0.717, 1.165) is 32.0 Å². The third-order valence-electron chi connectivity index (χ3n) is 4.61. The molecule has 2 aromatic rings. The highest BCUT2D eigenvalue weighted by atomic mass is 32.2. The Morgan fingerprint density at radius 1 is 1.08 bits per heavy atom. The van der Waals surface area contributed by atoms with Crippen LogP contribution in [0.4, 0.5) is 0 Å². The topological polar surface area (TPSA) is 67.7 Å². The van der Waals surface area contributed by atoms with Crippen molar-refractivity contribution in [3.05, 3.63) is 42.5 Å². The van der Waals surface area contributed by atoms with Gasteiger partial charge in [-0.3, -0.25) is 4.90 Å². The van der Waals surface area contributed by atoms with E-state index in [1.807, 2.05) is 13.1 Å². The summed E-state index contributed by atoms with van der Waals surface area (Å²) >= 11 is 0. The van der Waals surface area contributed by atoms with Gasteiger partial charge >= 0.3 is 0 Å². The standard InChI is InChI=1S/C17H24N4O3S/c1-15-18-7-8-20(15)12-9-19-10-13-21(14-11-19)25(22,23)17-5-3-16(24-2)4-6-17/h3-8H,9-14H2,1-2H3. The first kappa shape index (κ1) is 17.9. The SMILES string of the molecule is COc1ccc(S(=O)(=O)N2CCN(CCn3ccnc3C)CC2)cc1. The number of rotatable bonds is 6. The molecule has 1 aliphatic rings. The summed E-state index contributed by atoms with van der Waals surface area (Å²) in [5, 5.41) is 0. The molecule has 0 bridgehead atoms. The Labute approximate surface area is 148 Å². The number of aryl methyl sites for hydroxylation is 1. The summed E-state index contributed by atoms with van der Waals surface area (Å²) in [6.07, 6.45) is 3.77. The van der Waals surface area contributed by atoms with E-state index < -0.39 is 10.0 Å². The highest BCUT2D eigenvalue weighted by molar-refractivity contribution is 7.89. The van der Waals surface area contributed by atoms with Crippen LogP contribution < -0.4 is 4.74 Å². The molecule has 25 heavy (non-hydrogen) atoms. The number of nitrogens with zero attached hydrogens (tertiary/aromatic N) is 4. The van der Waals surface area contributed by atoms with Crippen LogP contribution in [0.5, 0.6) is 5.75 Å². The highest BCUT2D eigenvalue weighted by Gasteiger charge is 2.28. The second kappa shape index (κ2) is 7.55. The summed E-state index contributed by atoms with van der Waals surface area (Å²) in [7, 11) is -1.88. The van der Waals surface area contributed by atoms with E-state index >= 15 is 0 Å². The van der Waals surface area contributed by atoms with Gasteiger partial charge in [-0.05, 0) is 31.2 Å². The fraction of sp³-hybridized carbons (Fsp3) is 0.471. The normalized spacial score (nSPS) is 16.9. The van der Waals surface area contributed by atoms with Gasteiger partial charge in [0.05, 0.1) is 12.0 Å². The van der Waals surface area contributed by atoms with Gasteiger partial charge in [0.1, 0.15) is 11.6 Å². The molecule has 136 valence electrons. The molecule has 0 N–H and O–H groups in total. The monoisotopic (exact) mass is 364 g/mol. The van der Waals surface area contributed by atoms with Crippen LogP contribution in [0.25, 0.3) is 0 Å². The second-order valence-corrected chi connectivity index (χ2v) is 8.03. The molecule has 1 fully saturated rings. The summed E-state index contributed by atoms with van der Waals surface area (Å²) in [4.78, 5) is 6.83. The van der Waals surface area contributed by atoms with Gasteiger partial charge in [0, 0.05) is 51.7 Å². The van der Waals surface area contributed by atoms with E-state index in [0.29, 0.717) is 23.7 Å². The van der Waals surface area contributed by atoms with E-state index in [1.54, 1.807) is 41.9 Å². The molecule has 0 radical (unpaired) electrons.